The van der Waals surface area contributed by atoms with Crippen LogP contribution in [-0.4, -0.2) is 11.7 Å². The summed E-state index contributed by atoms with van der Waals surface area (Å²) >= 11 is 1.62. The molecule has 94 valence electrons. The van der Waals surface area contributed by atoms with E-state index < -0.39 is 5.92 Å². The van der Waals surface area contributed by atoms with E-state index in [1.165, 1.54) is 5.56 Å². The topological polar surface area (TPSA) is 17.1 Å². The molecule has 1 nitrogen and oxygen atoms in total. The molecule has 0 N–H and O–H groups in total. The number of aryl methyl sites for hydroxylation is 1. The molecule has 1 heterocycles. The molecule has 1 saturated carbocycles. The van der Waals surface area contributed by atoms with E-state index in [1.54, 1.807) is 11.3 Å². The molecule has 4 heteroatoms. The minimum Gasteiger partial charge on any atom is -0.299 e. The van der Waals surface area contributed by atoms with Gasteiger partial charge in [0.15, 0.2) is 0 Å². The summed E-state index contributed by atoms with van der Waals surface area (Å²) in [5.74, 6) is -2.51. The Kier molecular flexibility index (Phi) is 3.92. The van der Waals surface area contributed by atoms with Crippen LogP contribution in [0.3, 0.4) is 0 Å². The van der Waals surface area contributed by atoms with Crippen molar-refractivity contribution in [2.45, 2.75) is 44.4 Å². The first-order chi connectivity index (χ1) is 8.07. The van der Waals surface area contributed by atoms with Crippen molar-refractivity contribution in [1.82, 2.24) is 0 Å². The smallest absolute Gasteiger partial charge is 0.248 e. The van der Waals surface area contributed by atoms with Crippen LogP contribution in [0.25, 0.3) is 0 Å². The van der Waals surface area contributed by atoms with Gasteiger partial charge in [-0.05, 0) is 41.7 Å². The van der Waals surface area contributed by atoms with Crippen LogP contribution in [0.1, 0.15) is 37.7 Å². The predicted octanol–water partition coefficient (Wildman–Crippen LogP) is 4.08. The van der Waals surface area contributed by atoms with Gasteiger partial charge >= 0.3 is 0 Å². The van der Waals surface area contributed by atoms with Gasteiger partial charge in [-0.3, -0.25) is 4.79 Å². The zero-order valence-electron chi connectivity index (χ0n) is 9.62. The Bertz CT molecular complexity index is 363. The third-order valence-corrected chi connectivity index (χ3v) is 4.14. The molecule has 0 aromatic carbocycles. The van der Waals surface area contributed by atoms with Crippen LogP contribution in [0.4, 0.5) is 8.78 Å². The largest absolute Gasteiger partial charge is 0.299 e. The minimum atomic E-state index is -2.54. The maximum atomic E-state index is 12.9. The Morgan fingerprint density at radius 2 is 2.12 bits per heavy atom. The number of carbonyl (C=O) groups is 1. The molecule has 1 aliphatic carbocycles. The number of hydrogen-bond acceptors (Lipinski definition) is 2. The van der Waals surface area contributed by atoms with E-state index in [9.17, 15) is 13.6 Å². The Labute approximate surface area is 104 Å². The average molecular weight is 258 g/mol. The van der Waals surface area contributed by atoms with Crippen molar-refractivity contribution < 1.29 is 13.6 Å². The molecular weight excluding hydrogens is 242 g/mol. The molecular formula is C13H16F2OS. The molecule has 1 fully saturated rings. The lowest BCUT2D eigenvalue weighted by Gasteiger charge is -2.27. The number of carbonyl (C=O) groups excluding carboxylic acids is 1. The van der Waals surface area contributed by atoms with Crippen molar-refractivity contribution >= 4 is 17.1 Å². The van der Waals surface area contributed by atoms with Crippen molar-refractivity contribution in [3.05, 3.63) is 22.4 Å². The normalized spacial score (nSPS) is 20.4. The van der Waals surface area contributed by atoms with E-state index in [2.05, 4.69) is 0 Å². The molecule has 2 rings (SSSR count). The lowest BCUT2D eigenvalue weighted by atomic mass is 9.83. The van der Waals surface area contributed by atoms with Crippen molar-refractivity contribution in [3.63, 3.8) is 0 Å². The van der Waals surface area contributed by atoms with Crippen molar-refractivity contribution in [2.75, 3.05) is 0 Å². The lowest BCUT2D eigenvalue weighted by Crippen LogP contribution is -2.28. The van der Waals surface area contributed by atoms with Gasteiger partial charge in [-0.1, -0.05) is 0 Å². The number of thiophene rings is 1. The van der Waals surface area contributed by atoms with Gasteiger partial charge in [0.25, 0.3) is 0 Å². The van der Waals surface area contributed by atoms with Gasteiger partial charge in [-0.2, -0.15) is 11.3 Å². The molecule has 0 unspecified atom stereocenters. The molecule has 0 aliphatic heterocycles. The number of ketones is 1. The van der Waals surface area contributed by atoms with Crippen molar-refractivity contribution in [2.24, 2.45) is 5.92 Å². The van der Waals surface area contributed by atoms with Crippen LogP contribution >= 0.6 is 11.3 Å². The highest BCUT2D eigenvalue weighted by Gasteiger charge is 2.36. The number of alkyl halides is 2. The summed E-state index contributed by atoms with van der Waals surface area (Å²) in [6.07, 6.45) is 1.71. The highest BCUT2D eigenvalue weighted by atomic mass is 32.1. The first-order valence-corrected chi connectivity index (χ1v) is 6.93. The summed E-state index contributed by atoms with van der Waals surface area (Å²) in [7, 11) is 0. The van der Waals surface area contributed by atoms with Gasteiger partial charge in [0, 0.05) is 25.2 Å². The highest BCUT2D eigenvalue weighted by molar-refractivity contribution is 7.07. The zero-order valence-corrected chi connectivity index (χ0v) is 10.4. The van der Waals surface area contributed by atoms with Crippen molar-refractivity contribution in [3.8, 4) is 0 Å². The van der Waals surface area contributed by atoms with E-state index in [4.69, 9.17) is 0 Å². The second-order valence-electron chi connectivity index (χ2n) is 4.73. The molecule has 0 atom stereocenters. The second-order valence-corrected chi connectivity index (χ2v) is 5.51. The number of Topliss-reactive ketones (excluding diaryl/α,β-unsaturated/α-hetero) is 1. The Morgan fingerprint density at radius 1 is 1.41 bits per heavy atom. The highest BCUT2D eigenvalue weighted by Crippen LogP contribution is 2.36. The number of rotatable bonds is 4. The first-order valence-electron chi connectivity index (χ1n) is 5.98. The summed E-state index contributed by atoms with van der Waals surface area (Å²) in [6.45, 7) is 0. The molecule has 1 aromatic heterocycles. The second kappa shape index (κ2) is 5.25. The Balaban J connectivity index is 1.77. The van der Waals surface area contributed by atoms with Crippen LogP contribution in [-0.2, 0) is 11.2 Å². The van der Waals surface area contributed by atoms with E-state index >= 15 is 0 Å². The lowest BCUT2D eigenvalue weighted by molar-refractivity contribution is -0.126. The molecule has 1 aliphatic rings. The summed E-state index contributed by atoms with van der Waals surface area (Å²) in [4.78, 5) is 11.9. The van der Waals surface area contributed by atoms with Gasteiger partial charge in [0.05, 0.1) is 0 Å². The molecule has 0 radical (unpaired) electrons. The van der Waals surface area contributed by atoms with Crippen LogP contribution in [0.15, 0.2) is 16.8 Å². The number of halogens is 2. The molecule has 17 heavy (non-hydrogen) atoms. The summed E-state index contributed by atoms with van der Waals surface area (Å²) in [5.41, 5.74) is 1.17. The SMILES string of the molecule is O=C(CCc1ccsc1)C1CCC(F)(F)CC1. The van der Waals surface area contributed by atoms with Crippen LogP contribution in [0.2, 0.25) is 0 Å². The third-order valence-electron chi connectivity index (χ3n) is 3.41. The predicted molar refractivity (Wildman–Crippen MR) is 64.6 cm³/mol. The van der Waals surface area contributed by atoms with E-state index in [-0.39, 0.29) is 24.5 Å². The molecule has 1 aromatic rings. The fraction of sp³-hybridized carbons (Fsp3) is 0.615. The number of hydrogen-bond donors (Lipinski definition) is 0. The maximum Gasteiger partial charge on any atom is 0.248 e. The molecule has 0 saturated heterocycles. The van der Waals surface area contributed by atoms with E-state index in [0.717, 1.165) is 6.42 Å². The monoisotopic (exact) mass is 258 g/mol. The Hall–Kier alpha value is -0.770. The minimum absolute atomic E-state index is 0.123. The van der Waals surface area contributed by atoms with Crippen LogP contribution in [0.5, 0.6) is 0 Å². The van der Waals surface area contributed by atoms with Gasteiger partial charge in [-0.15, -0.1) is 0 Å². The first kappa shape index (κ1) is 12.7. The Morgan fingerprint density at radius 3 is 2.71 bits per heavy atom. The fourth-order valence-corrected chi connectivity index (χ4v) is 2.97. The van der Waals surface area contributed by atoms with Gasteiger partial charge < -0.3 is 0 Å². The summed E-state index contributed by atoms with van der Waals surface area (Å²) < 4.78 is 25.9. The van der Waals surface area contributed by atoms with Gasteiger partial charge in [-0.25, -0.2) is 8.78 Å². The van der Waals surface area contributed by atoms with Crippen LogP contribution < -0.4 is 0 Å². The van der Waals surface area contributed by atoms with Crippen LogP contribution in [0, 0.1) is 5.92 Å². The molecule has 0 spiro atoms. The zero-order chi connectivity index (χ0) is 12.3. The summed E-state index contributed by atoms with van der Waals surface area (Å²) in [5, 5.41) is 4.02. The molecule has 0 bridgehead atoms. The molecule has 0 amide bonds. The maximum absolute atomic E-state index is 12.9. The average Bonchev–Trinajstić information content (AvgIpc) is 2.78. The van der Waals surface area contributed by atoms with Crippen molar-refractivity contribution in [1.29, 1.82) is 0 Å². The quantitative estimate of drug-likeness (QED) is 0.795. The van der Waals surface area contributed by atoms with Gasteiger partial charge in [0.2, 0.25) is 5.92 Å². The van der Waals surface area contributed by atoms with E-state index in [0.29, 0.717) is 19.3 Å². The fourth-order valence-electron chi connectivity index (χ4n) is 2.27. The third kappa shape index (κ3) is 3.60. The standard InChI is InChI=1S/C13H16F2OS/c14-13(15)6-3-11(4-7-13)12(16)2-1-10-5-8-17-9-10/h5,8-9,11H,1-4,6-7H2. The van der Waals surface area contributed by atoms with Gasteiger partial charge in [0.1, 0.15) is 5.78 Å². The van der Waals surface area contributed by atoms with E-state index in [1.807, 2.05) is 16.8 Å². The summed E-state index contributed by atoms with van der Waals surface area (Å²) in [6, 6.07) is 2.01.